The minimum absolute atomic E-state index is 0.0137. The summed E-state index contributed by atoms with van der Waals surface area (Å²) in [5.74, 6) is -2.82. The fourth-order valence-corrected chi connectivity index (χ4v) is 8.11. The van der Waals surface area contributed by atoms with Crippen molar-refractivity contribution >= 4 is 33.4 Å². The maximum Gasteiger partial charge on any atom is 0.319 e. The third-order valence-electron chi connectivity index (χ3n) is 10.4. The summed E-state index contributed by atoms with van der Waals surface area (Å²) in [5.41, 5.74) is 0.706. The quantitative estimate of drug-likeness (QED) is 0.214. The number of halogens is 3. The van der Waals surface area contributed by atoms with Crippen LogP contribution in [0.5, 0.6) is 11.8 Å². The largest absolute Gasteiger partial charge is 0.508 e. The van der Waals surface area contributed by atoms with Crippen molar-refractivity contribution in [2.45, 2.75) is 57.0 Å². The number of aromatic nitrogens is 2. The number of amides is 1. The van der Waals surface area contributed by atoms with E-state index >= 15 is 8.78 Å². The summed E-state index contributed by atoms with van der Waals surface area (Å²) in [6, 6.07) is 10.5. The predicted molar refractivity (Wildman–Crippen MR) is 180 cm³/mol. The SMILES string of the molecule is C=C(F)C(=O)N1CCN(c2nc(OCC34CCCN3CCC4)nc3c(F)c(-c4cc(O)cc5ccc(F)c(CC)c45)ccc23)C[C@@H]1CC#N. The van der Waals surface area contributed by atoms with E-state index in [0.29, 0.717) is 46.1 Å². The van der Waals surface area contributed by atoms with Gasteiger partial charge in [0.05, 0.1) is 24.1 Å². The molecule has 4 heterocycles. The van der Waals surface area contributed by atoms with Crippen LogP contribution in [0.2, 0.25) is 0 Å². The minimum atomic E-state index is -1.10. The van der Waals surface area contributed by atoms with Crippen LogP contribution in [0, 0.1) is 23.0 Å². The van der Waals surface area contributed by atoms with Gasteiger partial charge in [0.25, 0.3) is 5.91 Å². The number of nitriles is 1. The van der Waals surface area contributed by atoms with Crippen molar-refractivity contribution in [3.8, 4) is 29.0 Å². The summed E-state index contributed by atoms with van der Waals surface area (Å²) in [4.78, 5) is 27.5. The van der Waals surface area contributed by atoms with Crippen molar-refractivity contribution in [3.05, 3.63) is 66.0 Å². The highest BCUT2D eigenvalue weighted by Crippen LogP contribution is 2.42. The number of anilines is 1. The molecule has 1 aromatic heterocycles. The molecule has 3 aromatic carbocycles. The number of fused-ring (bicyclic) bond motifs is 3. The summed E-state index contributed by atoms with van der Waals surface area (Å²) < 4.78 is 52.2. The van der Waals surface area contributed by atoms with Crippen LogP contribution >= 0.6 is 0 Å². The highest BCUT2D eigenvalue weighted by molar-refractivity contribution is 6.03. The molecule has 0 bridgehead atoms. The molecule has 1 amide bonds. The molecule has 0 spiro atoms. The number of hydrogen-bond donors (Lipinski definition) is 1. The Morgan fingerprint density at radius 3 is 2.59 bits per heavy atom. The van der Waals surface area contributed by atoms with Gasteiger partial charge in [0.1, 0.15) is 29.5 Å². The monoisotopic (exact) mass is 670 g/mol. The summed E-state index contributed by atoms with van der Waals surface area (Å²) in [7, 11) is 0. The van der Waals surface area contributed by atoms with Crippen molar-refractivity contribution in [1.29, 1.82) is 5.26 Å². The molecule has 3 aliphatic rings. The third-order valence-corrected chi connectivity index (χ3v) is 10.4. The fourth-order valence-electron chi connectivity index (χ4n) is 8.11. The lowest BCUT2D eigenvalue weighted by molar-refractivity contribution is -0.131. The predicted octanol–water partition coefficient (Wildman–Crippen LogP) is 6.42. The molecule has 7 rings (SSSR count). The molecular formula is C37H37F3N6O3. The minimum Gasteiger partial charge on any atom is -0.508 e. The van der Waals surface area contributed by atoms with Crippen LogP contribution in [0.3, 0.4) is 0 Å². The van der Waals surface area contributed by atoms with E-state index in [-0.39, 0.29) is 54.4 Å². The van der Waals surface area contributed by atoms with Crippen LogP contribution in [-0.4, -0.2) is 81.7 Å². The van der Waals surface area contributed by atoms with Gasteiger partial charge in [-0.25, -0.2) is 13.2 Å². The Kier molecular flexibility index (Phi) is 8.57. The topological polar surface area (TPSA) is 106 Å². The Hall–Kier alpha value is -4.89. The number of aryl methyl sites for hydroxylation is 1. The van der Waals surface area contributed by atoms with E-state index in [9.17, 15) is 19.6 Å². The summed E-state index contributed by atoms with van der Waals surface area (Å²) >= 11 is 0. The van der Waals surface area contributed by atoms with Crippen LogP contribution in [0.4, 0.5) is 19.0 Å². The number of hydrogen-bond acceptors (Lipinski definition) is 8. The average Bonchev–Trinajstić information content (AvgIpc) is 3.68. The number of nitrogens with zero attached hydrogens (tertiary/aromatic N) is 6. The molecular weight excluding hydrogens is 633 g/mol. The molecule has 3 saturated heterocycles. The lowest BCUT2D eigenvalue weighted by Gasteiger charge is -2.41. The van der Waals surface area contributed by atoms with Gasteiger partial charge in [-0.2, -0.15) is 15.2 Å². The standard InChI is InChI=1S/C37H37F3N6O3/c1-3-26-30(39)9-6-23-18-25(47)19-29(31(23)26)27-7-8-28-33(32(27)40)42-36(49-21-37-11-4-14-45(37)15-5-12-37)43-34(28)44-16-17-46(35(48)22(2)38)24(20-44)10-13-41/h6-9,18-19,24,47H,2-5,10-12,14-17,20-21H2,1H3/t24-/m0/s1. The molecule has 3 aliphatic heterocycles. The maximum absolute atomic E-state index is 17.0. The number of ether oxygens (including phenoxy) is 1. The lowest BCUT2D eigenvalue weighted by atomic mass is 9.92. The van der Waals surface area contributed by atoms with Crippen LogP contribution in [0.1, 0.15) is 44.6 Å². The van der Waals surface area contributed by atoms with E-state index in [2.05, 4.69) is 22.5 Å². The molecule has 49 heavy (non-hydrogen) atoms. The number of carbonyl (C=O) groups is 1. The van der Waals surface area contributed by atoms with Crippen molar-refractivity contribution in [3.63, 3.8) is 0 Å². The zero-order valence-electron chi connectivity index (χ0n) is 27.3. The number of benzene rings is 3. The summed E-state index contributed by atoms with van der Waals surface area (Å²) in [6.45, 7) is 7.75. The van der Waals surface area contributed by atoms with Gasteiger partial charge < -0.3 is 19.6 Å². The number of piperazine rings is 1. The molecule has 254 valence electrons. The Balaban J connectivity index is 1.36. The second-order valence-electron chi connectivity index (χ2n) is 13.2. The molecule has 9 nitrogen and oxygen atoms in total. The van der Waals surface area contributed by atoms with Gasteiger partial charge in [-0.05, 0) is 91.4 Å². The summed E-state index contributed by atoms with van der Waals surface area (Å²) in [6.07, 6.45) is 4.40. The molecule has 0 radical (unpaired) electrons. The second-order valence-corrected chi connectivity index (χ2v) is 13.2. The first-order valence-electron chi connectivity index (χ1n) is 16.7. The van der Waals surface area contributed by atoms with E-state index in [4.69, 9.17) is 9.72 Å². The van der Waals surface area contributed by atoms with Crippen molar-refractivity contribution in [1.82, 2.24) is 19.8 Å². The normalized spacial score (nSPS) is 19.0. The van der Waals surface area contributed by atoms with Gasteiger partial charge in [-0.15, -0.1) is 0 Å². The number of rotatable bonds is 8. The number of phenols is 1. The molecule has 0 unspecified atom stereocenters. The first-order chi connectivity index (χ1) is 23.6. The van der Waals surface area contributed by atoms with Gasteiger partial charge in [0.15, 0.2) is 11.6 Å². The molecule has 12 heteroatoms. The molecule has 3 fully saturated rings. The zero-order chi connectivity index (χ0) is 34.4. The fraction of sp³-hybridized carbons (Fsp3) is 0.405. The highest BCUT2D eigenvalue weighted by Gasteiger charge is 2.45. The van der Waals surface area contributed by atoms with Crippen molar-refractivity contribution in [2.24, 2.45) is 0 Å². The second kappa shape index (κ2) is 12.9. The number of aromatic hydroxyl groups is 1. The molecule has 1 N–H and O–H groups in total. The van der Waals surface area contributed by atoms with Crippen LogP contribution in [-0.2, 0) is 11.2 Å². The van der Waals surface area contributed by atoms with E-state index < -0.39 is 29.4 Å². The Labute approximate surface area is 282 Å². The Morgan fingerprint density at radius 1 is 1.10 bits per heavy atom. The van der Waals surface area contributed by atoms with Gasteiger partial charge in [0, 0.05) is 30.6 Å². The number of carbonyl (C=O) groups excluding carboxylic acids is 1. The van der Waals surface area contributed by atoms with Crippen LogP contribution in [0.15, 0.2) is 48.8 Å². The average molecular weight is 671 g/mol. The van der Waals surface area contributed by atoms with Crippen LogP contribution in [0.25, 0.3) is 32.8 Å². The van der Waals surface area contributed by atoms with Gasteiger partial charge >= 0.3 is 6.01 Å². The number of phenolic OH excluding ortho intramolecular Hbond substituents is 1. The highest BCUT2D eigenvalue weighted by atomic mass is 19.1. The zero-order valence-corrected chi connectivity index (χ0v) is 27.3. The molecule has 1 atom stereocenters. The van der Waals surface area contributed by atoms with Crippen molar-refractivity contribution in [2.75, 3.05) is 44.2 Å². The first kappa shape index (κ1) is 32.6. The van der Waals surface area contributed by atoms with Gasteiger partial charge in [-0.3, -0.25) is 9.69 Å². The van der Waals surface area contributed by atoms with E-state index in [1.54, 1.807) is 18.2 Å². The van der Waals surface area contributed by atoms with Crippen molar-refractivity contribution < 1.29 is 27.8 Å². The van der Waals surface area contributed by atoms with Gasteiger partial charge in [0.2, 0.25) is 0 Å². The molecule has 0 aliphatic carbocycles. The Bertz CT molecular complexity index is 2020. The van der Waals surface area contributed by atoms with Crippen LogP contribution < -0.4 is 9.64 Å². The van der Waals surface area contributed by atoms with Gasteiger partial charge in [-0.1, -0.05) is 25.6 Å². The third kappa shape index (κ3) is 5.69. The van der Waals surface area contributed by atoms with E-state index in [1.165, 1.54) is 23.1 Å². The molecule has 4 aromatic rings. The van der Waals surface area contributed by atoms with E-state index in [0.717, 1.165) is 38.8 Å². The first-order valence-corrected chi connectivity index (χ1v) is 16.7. The van der Waals surface area contributed by atoms with E-state index in [1.807, 2.05) is 11.8 Å². The molecule has 0 saturated carbocycles. The lowest BCUT2D eigenvalue weighted by Crippen LogP contribution is -2.55. The summed E-state index contributed by atoms with van der Waals surface area (Å²) in [5, 5.41) is 21.6. The maximum atomic E-state index is 17.0. The smallest absolute Gasteiger partial charge is 0.319 e. The Morgan fingerprint density at radius 2 is 1.88 bits per heavy atom.